The molecule has 2 amide bonds. The molecule has 152 valence electrons. The molecule has 2 saturated carbocycles. The molecule has 1 aliphatic heterocycles. The number of nitrogens with zero attached hydrogens (tertiary/aromatic N) is 1. The molecule has 2 bridgehead atoms. The molecule has 5 nitrogen and oxygen atoms in total. The van der Waals surface area contributed by atoms with Gasteiger partial charge >= 0.3 is 5.97 Å². The van der Waals surface area contributed by atoms with Gasteiger partial charge in [0.25, 0.3) is 0 Å². The monoisotopic (exact) mass is 393 g/mol. The fourth-order valence-corrected chi connectivity index (χ4v) is 5.65. The van der Waals surface area contributed by atoms with Crippen molar-refractivity contribution in [3.05, 3.63) is 42.0 Å². The average Bonchev–Trinajstić information content (AvgIpc) is 3.49. The SMILES string of the molecule is CCC(C)(C)c1ccc(OC(=O)CN2C(=O)[C@H]3[C@@H]4C=C[C@@H]([C@H]5C[C@H]45)[C@@H]3C2=O)cc1. The van der Waals surface area contributed by atoms with Crippen molar-refractivity contribution >= 4 is 17.8 Å². The number of hydrogen-bond acceptors (Lipinski definition) is 4. The summed E-state index contributed by atoms with van der Waals surface area (Å²) in [4.78, 5) is 39.5. The fraction of sp³-hybridized carbons (Fsp3) is 0.542. The normalized spacial score (nSPS) is 34.2. The molecule has 3 fully saturated rings. The zero-order valence-electron chi connectivity index (χ0n) is 17.1. The van der Waals surface area contributed by atoms with Crippen molar-refractivity contribution in [1.29, 1.82) is 0 Å². The number of carbonyl (C=O) groups excluding carboxylic acids is 3. The van der Waals surface area contributed by atoms with Crippen molar-refractivity contribution in [3.8, 4) is 5.75 Å². The summed E-state index contributed by atoms with van der Waals surface area (Å²) < 4.78 is 5.43. The predicted octanol–water partition coefficient (Wildman–Crippen LogP) is 3.33. The van der Waals surface area contributed by atoms with E-state index >= 15 is 0 Å². The Morgan fingerprint density at radius 1 is 1.03 bits per heavy atom. The highest BCUT2D eigenvalue weighted by atomic mass is 16.5. The Morgan fingerprint density at radius 2 is 1.59 bits per heavy atom. The van der Waals surface area contributed by atoms with Gasteiger partial charge in [-0.2, -0.15) is 0 Å². The fourth-order valence-electron chi connectivity index (χ4n) is 5.65. The van der Waals surface area contributed by atoms with Crippen molar-refractivity contribution in [2.75, 3.05) is 6.54 Å². The highest BCUT2D eigenvalue weighted by Gasteiger charge is 2.67. The van der Waals surface area contributed by atoms with E-state index in [9.17, 15) is 14.4 Å². The molecular formula is C24H27NO4. The number of carbonyl (C=O) groups is 3. The first-order valence-corrected chi connectivity index (χ1v) is 10.7. The zero-order chi connectivity index (χ0) is 20.5. The van der Waals surface area contributed by atoms with Crippen LogP contribution in [0.3, 0.4) is 0 Å². The zero-order valence-corrected chi connectivity index (χ0v) is 17.1. The van der Waals surface area contributed by atoms with Crippen LogP contribution in [0.25, 0.3) is 0 Å². The quantitative estimate of drug-likeness (QED) is 0.333. The van der Waals surface area contributed by atoms with E-state index in [1.165, 1.54) is 5.56 Å². The minimum atomic E-state index is -0.571. The number of amides is 2. The van der Waals surface area contributed by atoms with Crippen molar-refractivity contribution in [2.24, 2.45) is 35.5 Å². The maximum atomic E-state index is 12.9. The molecule has 6 rings (SSSR count). The summed E-state index contributed by atoms with van der Waals surface area (Å²) in [6.45, 7) is 6.18. The van der Waals surface area contributed by atoms with Crippen LogP contribution in [0.4, 0.5) is 0 Å². The molecule has 0 aromatic heterocycles. The molecule has 5 heteroatoms. The van der Waals surface area contributed by atoms with Gasteiger partial charge in [0, 0.05) is 0 Å². The third-order valence-electron chi connectivity index (χ3n) is 7.79. The molecule has 1 aromatic carbocycles. The van der Waals surface area contributed by atoms with E-state index in [0.29, 0.717) is 17.6 Å². The molecule has 0 spiro atoms. The van der Waals surface area contributed by atoms with Gasteiger partial charge < -0.3 is 4.74 Å². The van der Waals surface area contributed by atoms with Crippen molar-refractivity contribution in [1.82, 2.24) is 4.90 Å². The lowest BCUT2D eigenvalue weighted by atomic mass is 9.63. The predicted molar refractivity (Wildman–Crippen MR) is 107 cm³/mol. The number of benzene rings is 1. The average molecular weight is 393 g/mol. The van der Waals surface area contributed by atoms with Crippen LogP contribution in [0.15, 0.2) is 36.4 Å². The lowest BCUT2D eigenvalue weighted by molar-refractivity contribution is -0.148. The number of rotatable bonds is 5. The highest BCUT2D eigenvalue weighted by Crippen LogP contribution is 2.65. The van der Waals surface area contributed by atoms with Crippen LogP contribution in [0.5, 0.6) is 5.75 Å². The largest absolute Gasteiger partial charge is 0.425 e. The third-order valence-corrected chi connectivity index (χ3v) is 7.79. The van der Waals surface area contributed by atoms with Gasteiger partial charge in [0.05, 0.1) is 11.8 Å². The van der Waals surface area contributed by atoms with Gasteiger partial charge in [-0.1, -0.05) is 45.1 Å². The topological polar surface area (TPSA) is 63.7 Å². The van der Waals surface area contributed by atoms with Crippen LogP contribution in [-0.4, -0.2) is 29.2 Å². The Bertz CT molecular complexity index is 879. The number of hydrogen-bond donors (Lipinski definition) is 0. The second-order valence-corrected chi connectivity index (χ2v) is 9.65. The minimum Gasteiger partial charge on any atom is -0.425 e. The van der Waals surface area contributed by atoms with E-state index in [0.717, 1.165) is 17.7 Å². The molecule has 0 radical (unpaired) electrons. The van der Waals surface area contributed by atoms with Gasteiger partial charge in [-0.05, 0) is 59.6 Å². The highest BCUT2D eigenvalue weighted by molar-refractivity contribution is 6.08. The van der Waals surface area contributed by atoms with E-state index in [1.807, 2.05) is 12.1 Å². The van der Waals surface area contributed by atoms with E-state index in [1.54, 1.807) is 12.1 Å². The Kier molecular flexibility index (Phi) is 4.03. The van der Waals surface area contributed by atoms with Crippen molar-refractivity contribution < 1.29 is 19.1 Å². The Labute approximate surface area is 171 Å². The molecule has 29 heavy (non-hydrogen) atoms. The summed E-state index contributed by atoms with van der Waals surface area (Å²) in [5.41, 5.74) is 1.23. The van der Waals surface area contributed by atoms with Gasteiger partial charge in [0.1, 0.15) is 12.3 Å². The number of likely N-dealkylation sites (tertiary alicyclic amines) is 1. The van der Waals surface area contributed by atoms with Crippen molar-refractivity contribution in [2.45, 2.75) is 39.0 Å². The molecule has 6 atom stereocenters. The van der Waals surface area contributed by atoms with Gasteiger partial charge in [-0.15, -0.1) is 0 Å². The maximum absolute atomic E-state index is 12.9. The number of esters is 1. The summed E-state index contributed by atoms with van der Waals surface area (Å²) in [5.74, 6) is 0.381. The Hall–Kier alpha value is -2.43. The minimum absolute atomic E-state index is 0.0569. The van der Waals surface area contributed by atoms with Crippen LogP contribution >= 0.6 is 0 Å². The number of ether oxygens (including phenoxy) is 1. The van der Waals surface area contributed by atoms with Crippen LogP contribution in [-0.2, 0) is 19.8 Å². The first-order chi connectivity index (χ1) is 13.8. The summed E-state index contributed by atoms with van der Waals surface area (Å²) in [6, 6.07) is 7.47. The molecular weight excluding hydrogens is 366 g/mol. The van der Waals surface area contributed by atoms with Crippen LogP contribution in [0, 0.1) is 35.5 Å². The number of allylic oxidation sites excluding steroid dienone is 2. The molecule has 1 saturated heterocycles. The lowest BCUT2D eigenvalue weighted by Crippen LogP contribution is -2.40. The molecule has 0 unspecified atom stereocenters. The van der Waals surface area contributed by atoms with E-state index in [-0.39, 0.29) is 47.4 Å². The van der Waals surface area contributed by atoms with Crippen LogP contribution < -0.4 is 4.74 Å². The number of imide groups is 1. The molecule has 1 heterocycles. The van der Waals surface area contributed by atoms with Crippen LogP contribution in [0.1, 0.15) is 39.2 Å². The third kappa shape index (κ3) is 2.77. The van der Waals surface area contributed by atoms with Crippen LogP contribution in [0.2, 0.25) is 0 Å². The molecule has 1 aromatic rings. The van der Waals surface area contributed by atoms with Crippen molar-refractivity contribution in [3.63, 3.8) is 0 Å². The summed E-state index contributed by atoms with van der Waals surface area (Å²) in [7, 11) is 0. The summed E-state index contributed by atoms with van der Waals surface area (Å²) in [6.07, 6.45) is 6.40. The Morgan fingerprint density at radius 3 is 2.10 bits per heavy atom. The lowest BCUT2D eigenvalue weighted by Gasteiger charge is -2.37. The second-order valence-electron chi connectivity index (χ2n) is 9.65. The smallest absolute Gasteiger partial charge is 0.331 e. The Balaban J connectivity index is 1.26. The standard InChI is InChI=1S/C24H27NO4/c1-4-24(2,3)13-5-7-14(8-6-13)29-19(26)12-25-22(27)20-15-9-10-16(18-11-17(15)18)21(20)23(25)28/h5-10,15-18,20-21H,4,11-12H2,1-3H3/t15-,16+,17-,18-,20+,21+/m1/s1. The molecule has 0 N–H and O–H groups in total. The summed E-state index contributed by atoms with van der Waals surface area (Å²) >= 11 is 0. The summed E-state index contributed by atoms with van der Waals surface area (Å²) in [5, 5.41) is 0. The van der Waals surface area contributed by atoms with E-state index < -0.39 is 5.97 Å². The van der Waals surface area contributed by atoms with E-state index in [4.69, 9.17) is 4.74 Å². The van der Waals surface area contributed by atoms with E-state index in [2.05, 4.69) is 32.9 Å². The van der Waals surface area contributed by atoms with Gasteiger partial charge in [-0.25, -0.2) is 4.79 Å². The van der Waals surface area contributed by atoms with Gasteiger partial charge in [0.15, 0.2) is 0 Å². The second kappa shape index (κ2) is 6.28. The van der Waals surface area contributed by atoms with Gasteiger partial charge in [0.2, 0.25) is 11.8 Å². The molecule has 5 aliphatic rings. The van der Waals surface area contributed by atoms with Gasteiger partial charge in [-0.3, -0.25) is 14.5 Å². The molecule has 4 aliphatic carbocycles. The first kappa shape index (κ1) is 18.6. The first-order valence-electron chi connectivity index (χ1n) is 10.7. The maximum Gasteiger partial charge on any atom is 0.331 e.